The highest BCUT2D eigenvalue weighted by molar-refractivity contribution is 6.30. The van der Waals surface area contributed by atoms with Gasteiger partial charge in [0.2, 0.25) is 5.91 Å². The minimum Gasteiger partial charge on any atom is -0.434 e. The molecule has 1 aromatic rings. The van der Waals surface area contributed by atoms with E-state index in [1.54, 1.807) is 6.07 Å². The lowest BCUT2D eigenvalue weighted by Crippen LogP contribution is -2.50. The molecule has 1 aromatic carbocycles. The van der Waals surface area contributed by atoms with Crippen LogP contribution in [0.4, 0.5) is 8.78 Å². The molecule has 0 radical (unpaired) electrons. The summed E-state index contributed by atoms with van der Waals surface area (Å²) in [5.41, 5.74) is 0.479. The second kappa shape index (κ2) is 11.2. The van der Waals surface area contributed by atoms with Gasteiger partial charge < -0.3 is 20.3 Å². The summed E-state index contributed by atoms with van der Waals surface area (Å²) >= 11 is 5.99. The third kappa shape index (κ3) is 7.34. The molecule has 0 unspecified atom stereocenters. The summed E-state index contributed by atoms with van der Waals surface area (Å²) < 4.78 is 29.8. The third-order valence-electron chi connectivity index (χ3n) is 4.63. The molecule has 0 aromatic heterocycles. The van der Waals surface area contributed by atoms with Crippen molar-refractivity contribution in [1.29, 1.82) is 0 Å². The van der Waals surface area contributed by atoms with Gasteiger partial charge in [-0.15, -0.1) is 0 Å². The zero-order chi connectivity index (χ0) is 21.4. The summed E-state index contributed by atoms with van der Waals surface area (Å²) in [5, 5.41) is 6.96. The van der Waals surface area contributed by atoms with Crippen LogP contribution >= 0.6 is 11.6 Å². The van der Waals surface area contributed by atoms with Crippen LogP contribution in [0.15, 0.2) is 23.2 Å². The molecule has 1 amide bonds. The third-order valence-corrected chi connectivity index (χ3v) is 4.87. The first kappa shape index (κ1) is 23.2. The van der Waals surface area contributed by atoms with Gasteiger partial charge in [0.15, 0.2) is 5.96 Å². The quantitative estimate of drug-likeness (QED) is 0.512. The van der Waals surface area contributed by atoms with E-state index < -0.39 is 6.61 Å². The van der Waals surface area contributed by atoms with Gasteiger partial charge in [0.25, 0.3) is 0 Å². The second-order valence-corrected chi connectivity index (χ2v) is 7.66. The number of carbonyl (C=O) groups is 1. The smallest absolute Gasteiger partial charge is 0.387 e. The summed E-state index contributed by atoms with van der Waals surface area (Å²) in [6, 6.07) is 4.67. The molecule has 6 nitrogen and oxygen atoms in total. The predicted octanol–water partition coefficient (Wildman–Crippen LogP) is 3.64. The van der Waals surface area contributed by atoms with Crippen molar-refractivity contribution in [2.24, 2.45) is 10.9 Å². The lowest BCUT2D eigenvalue weighted by molar-refractivity contribution is -0.135. The molecule has 0 spiro atoms. The Kier molecular flexibility index (Phi) is 8.95. The van der Waals surface area contributed by atoms with E-state index in [0.717, 1.165) is 12.8 Å². The summed E-state index contributed by atoms with van der Waals surface area (Å²) in [7, 11) is 0. The molecular formula is C20H29ClF2N4O2. The Balaban J connectivity index is 2.01. The lowest BCUT2D eigenvalue weighted by Gasteiger charge is -2.34. The maximum atomic E-state index is 12.6. The number of aliphatic imine (C=N–C) groups is 1. The van der Waals surface area contributed by atoms with Gasteiger partial charge in [0, 0.05) is 42.2 Å². The Bertz CT molecular complexity index is 708. The SMILES string of the molecule is CCNC(=NCc1cc(Cl)ccc1OC(F)F)NC1CCN(C(=O)C(C)C)CC1. The van der Waals surface area contributed by atoms with Crippen LogP contribution in [0.3, 0.4) is 0 Å². The minimum absolute atomic E-state index is 0.000686. The summed E-state index contributed by atoms with van der Waals surface area (Å²) in [6.45, 7) is 5.06. The van der Waals surface area contributed by atoms with Crippen molar-refractivity contribution in [1.82, 2.24) is 15.5 Å². The van der Waals surface area contributed by atoms with Gasteiger partial charge in [-0.05, 0) is 38.0 Å². The van der Waals surface area contributed by atoms with Crippen LogP contribution in [-0.2, 0) is 11.3 Å². The molecule has 0 aliphatic carbocycles. The Labute approximate surface area is 175 Å². The molecule has 2 rings (SSSR count). The lowest BCUT2D eigenvalue weighted by atomic mass is 10.0. The van der Waals surface area contributed by atoms with Crippen LogP contribution in [0, 0.1) is 5.92 Å². The van der Waals surface area contributed by atoms with E-state index in [-0.39, 0.29) is 30.2 Å². The van der Waals surface area contributed by atoms with E-state index in [0.29, 0.717) is 36.2 Å². The van der Waals surface area contributed by atoms with E-state index in [4.69, 9.17) is 11.6 Å². The van der Waals surface area contributed by atoms with Crippen LogP contribution in [0.5, 0.6) is 5.75 Å². The summed E-state index contributed by atoms with van der Waals surface area (Å²) in [4.78, 5) is 18.5. The predicted molar refractivity (Wildman–Crippen MR) is 110 cm³/mol. The Morgan fingerprint density at radius 1 is 1.34 bits per heavy atom. The fourth-order valence-electron chi connectivity index (χ4n) is 3.17. The number of alkyl halides is 2. The van der Waals surface area contributed by atoms with Gasteiger partial charge >= 0.3 is 6.61 Å². The Morgan fingerprint density at radius 2 is 2.03 bits per heavy atom. The number of guanidine groups is 1. The fraction of sp³-hybridized carbons (Fsp3) is 0.600. The number of likely N-dealkylation sites (tertiary alicyclic amines) is 1. The van der Waals surface area contributed by atoms with E-state index >= 15 is 0 Å². The maximum absolute atomic E-state index is 12.6. The number of ether oxygens (including phenoxy) is 1. The normalized spacial score (nSPS) is 15.7. The van der Waals surface area contributed by atoms with Crippen molar-refractivity contribution in [3.63, 3.8) is 0 Å². The van der Waals surface area contributed by atoms with E-state index in [1.807, 2.05) is 25.7 Å². The highest BCUT2D eigenvalue weighted by atomic mass is 35.5. The average Bonchev–Trinajstić information content (AvgIpc) is 2.67. The largest absolute Gasteiger partial charge is 0.434 e. The molecule has 29 heavy (non-hydrogen) atoms. The number of benzene rings is 1. The maximum Gasteiger partial charge on any atom is 0.387 e. The van der Waals surface area contributed by atoms with Crippen LogP contribution in [0.1, 0.15) is 39.2 Å². The fourth-order valence-corrected chi connectivity index (χ4v) is 3.36. The van der Waals surface area contributed by atoms with Crippen molar-refractivity contribution >= 4 is 23.5 Å². The van der Waals surface area contributed by atoms with Gasteiger partial charge in [-0.3, -0.25) is 4.79 Å². The molecule has 1 heterocycles. The molecule has 1 saturated heterocycles. The van der Waals surface area contributed by atoms with Crippen molar-refractivity contribution in [2.45, 2.75) is 52.8 Å². The molecule has 0 atom stereocenters. The number of nitrogens with one attached hydrogen (secondary N) is 2. The molecule has 1 aliphatic heterocycles. The molecule has 2 N–H and O–H groups in total. The molecule has 0 saturated carbocycles. The van der Waals surface area contributed by atoms with E-state index in [9.17, 15) is 13.6 Å². The molecule has 1 fully saturated rings. The molecule has 162 valence electrons. The Hall–Kier alpha value is -2.09. The first-order valence-electron chi connectivity index (χ1n) is 9.87. The zero-order valence-corrected chi connectivity index (χ0v) is 17.8. The highest BCUT2D eigenvalue weighted by Gasteiger charge is 2.24. The van der Waals surface area contributed by atoms with Crippen molar-refractivity contribution in [3.8, 4) is 5.75 Å². The van der Waals surface area contributed by atoms with Crippen molar-refractivity contribution in [2.75, 3.05) is 19.6 Å². The van der Waals surface area contributed by atoms with E-state index in [1.165, 1.54) is 12.1 Å². The van der Waals surface area contributed by atoms with Crippen LogP contribution in [-0.4, -0.2) is 49.1 Å². The number of rotatable bonds is 7. The first-order valence-corrected chi connectivity index (χ1v) is 10.2. The van der Waals surface area contributed by atoms with Crippen LogP contribution < -0.4 is 15.4 Å². The monoisotopic (exact) mass is 430 g/mol. The van der Waals surface area contributed by atoms with E-state index in [2.05, 4.69) is 20.4 Å². The molecule has 0 bridgehead atoms. The van der Waals surface area contributed by atoms with Gasteiger partial charge in [0.1, 0.15) is 5.75 Å². The van der Waals surface area contributed by atoms with Gasteiger partial charge in [-0.1, -0.05) is 25.4 Å². The summed E-state index contributed by atoms with van der Waals surface area (Å²) in [6.07, 6.45) is 1.64. The summed E-state index contributed by atoms with van der Waals surface area (Å²) in [5.74, 6) is 0.825. The second-order valence-electron chi connectivity index (χ2n) is 7.22. The standard InChI is InChI=1S/C20H29ClF2N4O2/c1-4-24-20(26-16-7-9-27(10-8-16)18(28)13(2)3)25-12-14-11-15(21)5-6-17(14)29-19(22)23/h5-6,11,13,16,19H,4,7-10,12H2,1-3H3,(H2,24,25,26). The molecular weight excluding hydrogens is 402 g/mol. The van der Waals surface area contributed by atoms with Crippen molar-refractivity contribution < 1.29 is 18.3 Å². The van der Waals surface area contributed by atoms with Crippen molar-refractivity contribution in [3.05, 3.63) is 28.8 Å². The Morgan fingerprint density at radius 3 is 2.62 bits per heavy atom. The number of piperidine rings is 1. The topological polar surface area (TPSA) is 66.0 Å². The average molecular weight is 431 g/mol. The minimum atomic E-state index is -2.91. The number of halogens is 3. The van der Waals surface area contributed by atoms with Crippen LogP contribution in [0.2, 0.25) is 5.02 Å². The number of hydrogen-bond donors (Lipinski definition) is 2. The number of amides is 1. The van der Waals surface area contributed by atoms with Gasteiger partial charge in [-0.25, -0.2) is 4.99 Å². The van der Waals surface area contributed by atoms with Gasteiger partial charge in [0.05, 0.1) is 6.54 Å². The highest BCUT2D eigenvalue weighted by Crippen LogP contribution is 2.25. The van der Waals surface area contributed by atoms with Crippen LogP contribution in [0.25, 0.3) is 0 Å². The first-order chi connectivity index (χ1) is 13.8. The number of nitrogens with zero attached hydrogens (tertiary/aromatic N) is 2. The number of carbonyl (C=O) groups excluding carboxylic acids is 1. The molecule has 1 aliphatic rings. The zero-order valence-electron chi connectivity index (χ0n) is 17.1. The molecule has 9 heteroatoms. The van der Waals surface area contributed by atoms with Gasteiger partial charge in [-0.2, -0.15) is 8.78 Å². The number of hydrogen-bond acceptors (Lipinski definition) is 3.